The minimum Gasteiger partial charge on any atom is -0.372 e. The van der Waals surface area contributed by atoms with Gasteiger partial charge in [-0.2, -0.15) is 13.2 Å². The number of likely N-dealkylation sites (tertiary alicyclic amines) is 1. The number of hydrogen-bond donors (Lipinski definition) is 0. The molecule has 132 valence electrons. The van der Waals surface area contributed by atoms with E-state index in [1.165, 1.54) is 23.1 Å². The molecule has 0 unspecified atom stereocenters. The number of halogens is 3. The normalized spacial score (nSPS) is 21.9. The van der Waals surface area contributed by atoms with Gasteiger partial charge in [-0.15, -0.1) is 0 Å². The Balaban J connectivity index is 1.72. The molecule has 0 aliphatic carbocycles. The van der Waals surface area contributed by atoms with E-state index in [0.29, 0.717) is 32.5 Å². The summed E-state index contributed by atoms with van der Waals surface area (Å²) in [6.45, 7) is 3.16. The van der Waals surface area contributed by atoms with Crippen molar-refractivity contribution in [3.8, 4) is 0 Å². The lowest BCUT2D eigenvalue weighted by Crippen LogP contribution is -2.56. The number of hydrogen-bond acceptors (Lipinski definition) is 3. The molecule has 0 bridgehead atoms. The molecule has 4 nitrogen and oxygen atoms in total. The highest BCUT2D eigenvalue weighted by Gasteiger charge is 2.41. The number of morpholine rings is 1. The number of amides is 1. The fraction of sp³-hybridized carbons (Fsp3) is 0.588. The summed E-state index contributed by atoms with van der Waals surface area (Å²) in [5.74, 6) is -0.554. The average Bonchev–Trinajstić information content (AvgIpc) is 2.54. The molecule has 1 aromatic carbocycles. The van der Waals surface area contributed by atoms with Crippen molar-refractivity contribution >= 4 is 5.91 Å². The summed E-state index contributed by atoms with van der Waals surface area (Å²) in [6, 6.07) is 4.97. The van der Waals surface area contributed by atoms with E-state index >= 15 is 0 Å². The van der Waals surface area contributed by atoms with Gasteiger partial charge < -0.3 is 14.5 Å². The van der Waals surface area contributed by atoms with Crippen molar-refractivity contribution in [3.63, 3.8) is 0 Å². The van der Waals surface area contributed by atoms with E-state index in [9.17, 15) is 18.0 Å². The van der Waals surface area contributed by atoms with Crippen LogP contribution >= 0.6 is 0 Å². The minimum atomic E-state index is -4.53. The zero-order chi connectivity index (χ0) is 17.4. The maximum Gasteiger partial charge on any atom is 0.417 e. The number of ether oxygens (including phenoxy) is 1. The molecule has 7 heteroatoms. The summed E-state index contributed by atoms with van der Waals surface area (Å²) in [5, 5.41) is 0. The van der Waals surface area contributed by atoms with Crippen LogP contribution in [0.3, 0.4) is 0 Å². The van der Waals surface area contributed by atoms with Gasteiger partial charge in [-0.25, -0.2) is 0 Å². The number of nitrogens with zero attached hydrogens (tertiary/aromatic N) is 2. The summed E-state index contributed by atoms with van der Waals surface area (Å²) < 4.78 is 45.3. The molecule has 1 aromatic rings. The topological polar surface area (TPSA) is 32.8 Å². The Labute approximate surface area is 139 Å². The number of likely N-dealkylation sites (N-methyl/N-ethyl adjacent to an activating group) is 1. The summed E-state index contributed by atoms with van der Waals surface area (Å²) in [5.41, 5.74) is -1.42. The van der Waals surface area contributed by atoms with Gasteiger partial charge in [-0.05, 0) is 32.0 Å². The van der Waals surface area contributed by atoms with Crippen LogP contribution in [0.5, 0.6) is 0 Å². The molecular weight excluding hydrogens is 321 g/mol. The predicted octanol–water partition coefficient (Wildman–Crippen LogP) is 2.64. The second kappa shape index (κ2) is 6.37. The summed E-state index contributed by atoms with van der Waals surface area (Å²) in [7, 11) is 2.03. The Kier molecular flexibility index (Phi) is 4.57. The van der Waals surface area contributed by atoms with Gasteiger partial charge in [-0.1, -0.05) is 12.1 Å². The molecule has 3 rings (SSSR count). The van der Waals surface area contributed by atoms with E-state index in [2.05, 4.69) is 4.90 Å². The Morgan fingerprint density at radius 1 is 1.17 bits per heavy atom. The van der Waals surface area contributed by atoms with Gasteiger partial charge in [0, 0.05) is 26.2 Å². The van der Waals surface area contributed by atoms with Crippen LogP contribution in [0.2, 0.25) is 0 Å². The third-order valence-electron chi connectivity index (χ3n) is 4.86. The molecule has 0 aromatic heterocycles. The van der Waals surface area contributed by atoms with Gasteiger partial charge >= 0.3 is 6.18 Å². The smallest absolute Gasteiger partial charge is 0.372 e. The Morgan fingerprint density at radius 3 is 2.46 bits per heavy atom. The first-order valence-electron chi connectivity index (χ1n) is 8.09. The molecule has 0 saturated carbocycles. The maximum atomic E-state index is 13.1. The Hall–Kier alpha value is -1.60. The van der Waals surface area contributed by atoms with Crippen LogP contribution in [0.15, 0.2) is 24.3 Å². The molecule has 2 aliphatic heterocycles. The van der Waals surface area contributed by atoms with Crippen molar-refractivity contribution in [2.45, 2.75) is 24.6 Å². The molecule has 2 heterocycles. The first-order valence-corrected chi connectivity index (χ1v) is 8.09. The number of alkyl halides is 3. The van der Waals surface area contributed by atoms with E-state index in [1.54, 1.807) is 0 Å². The SMILES string of the molecule is CN1CCOC2(CCN(C(=O)c3ccccc3C(F)(F)F)CC2)C1. The molecule has 1 spiro atoms. The number of carbonyl (C=O) groups excluding carboxylic acids is 1. The highest BCUT2D eigenvalue weighted by molar-refractivity contribution is 5.96. The molecular formula is C17H21F3N2O2. The quantitative estimate of drug-likeness (QED) is 0.787. The summed E-state index contributed by atoms with van der Waals surface area (Å²) in [4.78, 5) is 16.3. The predicted molar refractivity (Wildman–Crippen MR) is 82.8 cm³/mol. The summed E-state index contributed by atoms with van der Waals surface area (Å²) >= 11 is 0. The highest BCUT2D eigenvalue weighted by Crippen LogP contribution is 2.34. The van der Waals surface area contributed by atoms with Crippen LogP contribution in [0.25, 0.3) is 0 Å². The fourth-order valence-corrected chi connectivity index (χ4v) is 3.54. The number of rotatable bonds is 1. The standard InChI is InChI=1S/C17H21F3N2O2/c1-21-10-11-24-16(12-21)6-8-22(9-7-16)15(23)13-4-2-3-5-14(13)17(18,19)20/h2-5H,6-12H2,1H3. The molecule has 0 radical (unpaired) electrons. The Morgan fingerprint density at radius 2 is 1.83 bits per heavy atom. The molecule has 0 atom stereocenters. The van der Waals surface area contributed by atoms with Crippen LogP contribution in [-0.2, 0) is 10.9 Å². The van der Waals surface area contributed by atoms with Crippen LogP contribution in [0.1, 0.15) is 28.8 Å². The molecule has 1 amide bonds. The lowest BCUT2D eigenvalue weighted by Gasteiger charge is -2.46. The first-order chi connectivity index (χ1) is 11.3. The van der Waals surface area contributed by atoms with Crippen molar-refractivity contribution in [1.29, 1.82) is 0 Å². The Bertz CT molecular complexity index is 610. The van der Waals surface area contributed by atoms with Gasteiger partial charge in [0.25, 0.3) is 5.91 Å². The minimum absolute atomic E-state index is 0.271. The molecule has 0 N–H and O–H groups in total. The summed E-state index contributed by atoms with van der Waals surface area (Å²) in [6.07, 6.45) is -3.23. The van der Waals surface area contributed by atoms with Gasteiger partial charge in [0.2, 0.25) is 0 Å². The van der Waals surface area contributed by atoms with Crippen LogP contribution in [-0.4, -0.2) is 61.1 Å². The number of carbonyl (C=O) groups is 1. The second-order valence-corrected chi connectivity index (χ2v) is 6.60. The largest absolute Gasteiger partial charge is 0.417 e. The van der Waals surface area contributed by atoms with Crippen LogP contribution in [0.4, 0.5) is 13.2 Å². The molecule has 24 heavy (non-hydrogen) atoms. The third kappa shape index (κ3) is 3.42. The monoisotopic (exact) mass is 342 g/mol. The van der Waals surface area contributed by atoms with Gasteiger partial charge in [-0.3, -0.25) is 4.79 Å². The van der Waals surface area contributed by atoms with Crippen molar-refractivity contribution in [2.75, 3.05) is 39.8 Å². The lowest BCUT2D eigenvalue weighted by molar-refractivity contribution is -0.138. The molecule has 2 fully saturated rings. The van der Waals surface area contributed by atoms with E-state index in [1.807, 2.05) is 7.05 Å². The van der Waals surface area contributed by atoms with E-state index in [4.69, 9.17) is 4.74 Å². The lowest BCUT2D eigenvalue weighted by atomic mass is 9.89. The van der Waals surface area contributed by atoms with E-state index < -0.39 is 17.6 Å². The van der Waals surface area contributed by atoms with Gasteiger partial charge in [0.1, 0.15) is 0 Å². The van der Waals surface area contributed by atoms with E-state index in [0.717, 1.165) is 19.2 Å². The zero-order valence-corrected chi connectivity index (χ0v) is 13.6. The average molecular weight is 342 g/mol. The van der Waals surface area contributed by atoms with Gasteiger partial charge in [0.05, 0.1) is 23.3 Å². The van der Waals surface area contributed by atoms with Crippen LogP contribution in [0, 0.1) is 0 Å². The zero-order valence-electron chi connectivity index (χ0n) is 13.6. The third-order valence-corrected chi connectivity index (χ3v) is 4.86. The van der Waals surface area contributed by atoms with E-state index in [-0.39, 0.29) is 11.2 Å². The second-order valence-electron chi connectivity index (χ2n) is 6.60. The first kappa shape index (κ1) is 17.2. The van der Waals surface area contributed by atoms with Crippen LogP contribution < -0.4 is 0 Å². The van der Waals surface area contributed by atoms with Crippen molar-refractivity contribution in [1.82, 2.24) is 9.80 Å². The molecule has 2 saturated heterocycles. The fourth-order valence-electron chi connectivity index (χ4n) is 3.54. The highest BCUT2D eigenvalue weighted by atomic mass is 19.4. The number of piperidine rings is 1. The van der Waals surface area contributed by atoms with Crippen molar-refractivity contribution in [2.24, 2.45) is 0 Å². The van der Waals surface area contributed by atoms with Crippen molar-refractivity contribution < 1.29 is 22.7 Å². The maximum absolute atomic E-state index is 13.1. The van der Waals surface area contributed by atoms with Crippen molar-refractivity contribution in [3.05, 3.63) is 35.4 Å². The number of benzene rings is 1. The molecule has 2 aliphatic rings. The van der Waals surface area contributed by atoms with Gasteiger partial charge in [0.15, 0.2) is 0 Å².